The van der Waals surface area contributed by atoms with Crippen molar-refractivity contribution in [2.45, 2.75) is 32.4 Å². The molecule has 0 saturated carbocycles. The highest BCUT2D eigenvalue weighted by molar-refractivity contribution is 6.30. The van der Waals surface area contributed by atoms with Gasteiger partial charge >= 0.3 is 0 Å². The summed E-state index contributed by atoms with van der Waals surface area (Å²) in [6.45, 7) is 4.99. The third-order valence-corrected chi connectivity index (χ3v) is 4.37. The van der Waals surface area contributed by atoms with Gasteiger partial charge in [0.15, 0.2) is 5.60 Å². The number of hydrogen-bond acceptors (Lipinski definition) is 2. The van der Waals surface area contributed by atoms with E-state index in [-0.39, 0.29) is 5.91 Å². The van der Waals surface area contributed by atoms with E-state index >= 15 is 0 Å². The van der Waals surface area contributed by atoms with E-state index in [2.05, 4.69) is 12.1 Å². The maximum Gasteiger partial charge on any atom is 0.266 e. The van der Waals surface area contributed by atoms with Crippen LogP contribution in [0.3, 0.4) is 0 Å². The van der Waals surface area contributed by atoms with Crippen LogP contribution in [0, 0.1) is 0 Å². The molecule has 2 aromatic carbocycles. The van der Waals surface area contributed by atoms with Gasteiger partial charge in [-0.15, -0.1) is 0 Å². The topological polar surface area (TPSA) is 29.5 Å². The molecule has 0 saturated heterocycles. The van der Waals surface area contributed by atoms with Crippen molar-refractivity contribution in [3.05, 3.63) is 64.7 Å². The van der Waals surface area contributed by atoms with Gasteiger partial charge in [-0.1, -0.05) is 35.9 Å². The standard InChI is InChI=1S/C19H20ClNO2/c1-19(2,23-17-9-7-16(20)8-10-17)18(22)21-12-11-14-5-3-4-6-15(14)13-21/h3-10H,11-13H2,1-2H3. The molecule has 0 aromatic heterocycles. The summed E-state index contributed by atoms with van der Waals surface area (Å²) in [4.78, 5) is 14.7. The van der Waals surface area contributed by atoms with Crippen molar-refractivity contribution in [2.24, 2.45) is 0 Å². The Balaban J connectivity index is 1.73. The third-order valence-electron chi connectivity index (χ3n) is 4.12. The molecule has 0 radical (unpaired) electrons. The second-order valence-electron chi connectivity index (χ2n) is 6.31. The number of carbonyl (C=O) groups excluding carboxylic acids is 1. The average Bonchev–Trinajstić information content (AvgIpc) is 2.55. The summed E-state index contributed by atoms with van der Waals surface area (Å²) >= 11 is 5.88. The molecular weight excluding hydrogens is 310 g/mol. The quantitative estimate of drug-likeness (QED) is 0.849. The lowest BCUT2D eigenvalue weighted by Gasteiger charge is -2.35. The van der Waals surface area contributed by atoms with Crippen LogP contribution >= 0.6 is 11.6 Å². The number of rotatable bonds is 3. The highest BCUT2D eigenvalue weighted by Gasteiger charge is 2.35. The van der Waals surface area contributed by atoms with E-state index in [1.807, 2.05) is 30.9 Å². The summed E-state index contributed by atoms with van der Waals surface area (Å²) in [7, 11) is 0. The van der Waals surface area contributed by atoms with Gasteiger partial charge in [-0.2, -0.15) is 0 Å². The first-order chi connectivity index (χ1) is 11.0. The van der Waals surface area contributed by atoms with Crippen LogP contribution in [0.5, 0.6) is 5.75 Å². The Morgan fingerprint density at radius 1 is 1.09 bits per heavy atom. The molecule has 0 N–H and O–H groups in total. The van der Waals surface area contributed by atoms with Crippen molar-refractivity contribution in [1.82, 2.24) is 4.90 Å². The molecule has 0 bridgehead atoms. The Hall–Kier alpha value is -2.00. The lowest BCUT2D eigenvalue weighted by Crippen LogP contribution is -2.50. The maximum absolute atomic E-state index is 12.9. The highest BCUT2D eigenvalue weighted by Crippen LogP contribution is 2.25. The molecule has 0 aliphatic carbocycles. The van der Waals surface area contributed by atoms with Gasteiger partial charge in [0, 0.05) is 18.1 Å². The van der Waals surface area contributed by atoms with Gasteiger partial charge in [-0.3, -0.25) is 4.79 Å². The number of hydrogen-bond donors (Lipinski definition) is 0. The second kappa shape index (κ2) is 6.25. The van der Waals surface area contributed by atoms with Crippen LogP contribution in [0.4, 0.5) is 0 Å². The van der Waals surface area contributed by atoms with Gasteiger partial charge in [0.1, 0.15) is 5.75 Å². The monoisotopic (exact) mass is 329 g/mol. The number of carbonyl (C=O) groups is 1. The molecule has 0 spiro atoms. The zero-order chi connectivity index (χ0) is 16.4. The van der Waals surface area contributed by atoms with Gasteiger partial charge < -0.3 is 9.64 Å². The highest BCUT2D eigenvalue weighted by atomic mass is 35.5. The van der Waals surface area contributed by atoms with Crippen LogP contribution < -0.4 is 4.74 Å². The SMILES string of the molecule is CC(C)(Oc1ccc(Cl)cc1)C(=O)N1CCc2ccccc2C1. The molecule has 23 heavy (non-hydrogen) atoms. The summed E-state index contributed by atoms with van der Waals surface area (Å²) in [5.74, 6) is 0.645. The molecule has 1 aliphatic rings. The Bertz CT molecular complexity index is 710. The summed E-state index contributed by atoms with van der Waals surface area (Å²) in [5, 5.41) is 0.647. The molecule has 0 fully saturated rings. The van der Waals surface area contributed by atoms with Crippen LogP contribution in [0.1, 0.15) is 25.0 Å². The number of amides is 1. The van der Waals surface area contributed by atoms with Crippen molar-refractivity contribution in [3.63, 3.8) is 0 Å². The smallest absolute Gasteiger partial charge is 0.266 e. The first-order valence-corrected chi connectivity index (χ1v) is 8.14. The van der Waals surface area contributed by atoms with Gasteiger partial charge in [-0.25, -0.2) is 0 Å². The van der Waals surface area contributed by atoms with Crippen molar-refractivity contribution in [3.8, 4) is 5.75 Å². The predicted molar refractivity (Wildman–Crippen MR) is 91.7 cm³/mol. The van der Waals surface area contributed by atoms with E-state index in [0.717, 1.165) is 13.0 Å². The number of fused-ring (bicyclic) bond motifs is 1. The molecule has 2 aromatic rings. The lowest BCUT2D eigenvalue weighted by atomic mass is 9.98. The van der Waals surface area contributed by atoms with Crippen LogP contribution in [0.25, 0.3) is 0 Å². The van der Waals surface area contributed by atoms with E-state index in [1.54, 1.807) is 24.3 Å². The van der Waals surface area contributed by atoms with E-state index in [4.69, 9.17) is 16.3 Å². The van der Waals surface area contributed by atoms with Crippen LogP contribution in [0.2, 0.25) is 5.02 Å². The van der Waals surface area contributed by atoms with Gasteiger partial charge in [-0.05, 0) is 55.7 Å². The Kier molecular flexibility index (Phi) is 4.31. The van der Waals surface area contributed by atoms with Crippen molar-refractivity contribution in [1.29, 1.82) is 0 Å². The summed E-state index contributed by atoms with van der Waals surface area (Å²) in [5.41, 5.74) is 1.63. The fourth-order valence-corrected chi connectivity index (χ4v) is 3.02. The molecule has 1 aliphatic heterocycles. The zero-order valence-electron chi connectivity index (χ0n) is 13.4. The molecule has 0 atom stereocenters. The first-order valence-electron chi connectivity index (χ1n) is 7.76. The Morgan fingerprint density at radius 3 is 2.43 bits per heavy atom. The third kappa shape index (κ3) is 3.50. The number of halogens is 1. The molecular formula is C19H20ClNO2. The van der Waals surface area contributed by atoms with E-state index in [0.29, 0.717) is 17.3 Å². The van der Waals surface area contributed by atoms with Crippen molar-refractivity contribution in [2.75, 3.05) is 6.54 Å². The van der Waals surface area contributed by atoms with Crippen LogP contribution in [0.15, 0.2) is 48.5 Å². The van der Waals surface area contributed by atoms with Crippen molar-refractivity contribution >= 4 is 17.5 Å². The molecule has 1 amide bonds. The second-order valence-corrected chi connectivity index (χ2v) is 6.75. The molecule has 3 rings (SSSR count). The number of benzene rings is 2. The lowest BCUT2D eigenvalue weighted by molar-refractivity contribution is -0.146. The molecule has 120 valence electrons. The summed E-state index contributed by atoms with van der Waals surface area (Å²) < 4.78 is 5.91. The maximum atomic E-state index is 12.9. The van der Waals surface area contributed by atoms with Crippen molar-refractivity contribution < 1.29 is 9.53 Å². The van der Waals surface area contributed by atoms with Gasteiger partial charge in [0.25, 0.3) is 5.91 Å². The molecule has 0 unspecified atom stereocenters. The molecule has 4 heteroatoms. The number of nitrogens with zero attached hydrogens (tertiary/aromatic N) is 1. The normalized spacial score (nSPS) is 14.3. The minimum Gasteiger partial charge on any atom is -0.478 e. The fraction of sp³-hybridized carbons (Fsp3) is 0.316. The largest absolute Gasteiger partial charge is 0.478 e. The van der Waals surface area contributed by atoms with Gasteiger partial charge in [0.2, 0.25) is 0 Å². The summed E-state index contributed by atoms with van der Waals surface area (Å²) in [6, 6.07) is 15.4. The predicted octanol–water partition coefficient (Wildman–Crippen LogP) is 4.08. The fourth-order valence-electron chi connectivity index (χ4n) is 2.89. The molecule has 3 nitrogen and oxygen atoms in total. The van der Waals surface area contributed by atoms with Gasteiger partial charge in [0.05, 0.1) is 0 Å². The minimum atomic E-state index is -0.917. The minimum absolute atomic E-state index is 0.00181. The van der Waals surface area contributed by atoms with E-state index in [9.17, 15) is 4.79 Å². The average molecular weight is 330 g/mol. The van der Waals surface area contributed by atoms with E-state index < -0.39 is 5.60 Å². The molecule has 1 heterocycles. The Labute approximate surface area is 141 Å². The summed E-state index contributed by atoms with van der Waals surface area (Å²) in [6.07, 6.45) is 0.888. The van der Waals surface area contributed by atoms with E-state index in [1.165, 1.54) is 11.1 Å². The zero-order valence-corrected chi connectivity index (χ0v) is 14.1. The first kappa shape index (κ1) is 15.9. The Morgan fingerprint density at radius 2 is 1.74 bits per heavy atom. The number of ether oxygens (including phenoxy) is 1. The van der Waals surface area contributed by atoms with Crippen LogP contribution in [-0.4, -0.2) is 23.0 Å². The van der Waals surface area contributed by atoms with Crippen LogP contribution in [-0.2, 0) is 17.8 Å².